The highest BCUT2D eigenvalue weighted by Gasteiger charge is 2.19. The van der Waals surface area contributed by atoms with Crippen LogP contribution in [-0.4, -0.2) is 37.2 Å². The molecule has 0 aliphatic rings. The van der Waals surface area contributed by atoms with E-state index in [1.54, 1.807) is 0 Å². The Labute approximate surface area is 464 Å². The van der Waals surface area contributed by atoms with Crippen LogP contribution in [0.15, 0.2) is 97.2 Å². The number of ether oxygens (including phenoxy) is 3. The minimum Gasteiger partial charge on any atom is -0.462 e. The molecule has 0 spiro atoms. The van der Waals surface area contributed by atoms with Gasteiger partial charge in [-0.2, -0.15) is 0 Å². The Morgan fingerprint density at radius 1 is 0.280 bits per heavy atom. The van der Waals surface area contributed by atoms with E-state index in [1.165, 1.54) is 180 Å². The summed E-state index contributed by atoms with van der Waals surface area (Å²) in [6, 6.07) is 0. The zero-order valence-corrected chi connectivity index (χ0v) is 49.3. The van der Waals surface area contributed by atoms with Crippen molar-refractivity contribution in [3.05, 3.63) is 97.2 Å². The number of allylic oxidation sites excluding steroid dienone is 16. The van der Waals surface area contributed by atoms with Crippen molar-refractivity contribution < 1.29 is 28.6 Å². The van der Waals surface area contributed by atoms with Crippen LogP contribution < -0.4 is 0 Å². The molecular formula is C69H118O6. The van der Waals surface area contributed by atoms with Crippen LogP contribution in [0.25, 0.3) is 0 Å². The third-order valence-corrected chi connectivity index (χ3v) is 13.6. The van der Waals surface area contributed by atoms with Crippen molar-refractivity contribution in [1.82, 2.24) is 0 Å². The zero-order valence-electron chi connectivity index (χ0n) is 49.3. The van der Waals surface area contributed by atoms with Gasteiger partial charge in [0.2, 0.25) is 0 Å². The molecule has 0 rings (SSSR count). The maximum Gasteiger partial charge on any atom is 0.306 e. The minimum atomic E-state index is -0.822. The number of hydrogen-bond donors (Lipinski definition) is 0. The van der Waals surface area contributed by atoms with Gasteiger partial charge in [0.25, 0.3) is 0 Å². The van der Waals surface area contributed by atoms with Crippen LogP contribution in [0.5, 0.6) is 0 Å². The lowest BCUT2D eigenvalue weighted by Gasteiger charge is -2.18. The Kier molecular flexibility index (Phi) is 59.8. The van der Waals surface area contributed by atoms with Crippen LogP contribution in [0.1, 0.15) is 303 Å². The molecule has 430 valence electrons. The SMILES string of the molecule is CC/C=C\C/C=C\C/C=C\C/C=C\C/C=C\C/C=C\CCC(=O)O[C@@H](COC(=O)CCCCCCCCC/C=C\CCCCCCCC)COC(=O)CCCCCCCCCCCCC/C=C\CCCCCCCC. The first-order valence-corrected chi connectivity index (χ1v) is 31.7. The summed E-state index contributed by atoms with van der Waals surface area (Å²) < 4.78 is 16.9. The third-order valence-electron chi connectivity index (χ3n) is 13.6. The first-order valence-electron chi connectivity index (χ1n) is 31.7. The Bertz CT molecular complexity index is 1480. The van der Waals surface area contributed by atoms with E-state index in [-0.39, 0.29) is 31.6 Å². The van der Waals surface area contributed by atoms with E-state index in [1.807, 2.05) is 6.08 Å². The lowest BCUT2D eigenvalue weighted by molar-refractivity contribution is -0.166. The van der Waals surface area contributed by atoms with Gasteiger partial charge >= 0.3 is 17.9 Å². The summed E-state index contributed by atoms with van der Waals surface area (Å²) in [5, 5.41) is 0. The predicted molar refractivity (Wildman–Crippen MR) is 325 cm³/mol. The highest BCUT2D eigenvalue weighted by atomic mass is 16.6. The van der Waals surface area contributed by atoms with Crippen LogP contribution in [0.2, 0.25) is 0 Å². The molecule has 0 aromatic carbocycles. The largest absolute Gasteiger partial charge is 0.462 e. The van der Waals surface area contributed by atoms with Crippen LogP contribution in [0, 0.1) is 0 Å². The summed E-state index contributed by atoms with van der Waals surface area (Å²) in [7, 11) is 0. The fraction of sp³-hybridized carbons (Fsp3) is 0.725. The normalized spacial score (nSPS) is 12.7. The molecule has 6 nitrogen and oxygen atoms in total. The first-order chi connectivity index (χ1) is 37.0. The molecule has 0 N–H and O–H groups in total. The Morgan fingerprint density at radius 2 is 0.547 bits per heavy atom. The van der Waals surface area contributed by atoms with E-state index in [0.717, 1.165) is 77.0 Å². The number of carbonyl (C=O) groups excluding carboxylic acids is 3. The highest BCUT2D eigenvalue weighted by Crippen LogP contribution is 2.16. The monoisotopic (exact) mass is 1040 g/mol. The Morgan fingerprint density at radius 3 is 0.867 bits per heavy atom. The molecule has 0 aromatic heterocycles. The molecular weight excluding hydrogens is 925 g/mol. The summed E-state index contributed by atoms with van der Waals surface area (Å²) in [6.45, 7) is 6.48. The second-order valence-electron chi connectivity index (χ2n) is 20.9. The molecule has 0 aromatic rings. The summed E-state index contributed by atoms with van der Waals surface area (Å²) in [4.78, 5) is 38.3. The standard InChI is InChI=1S/C69H118O6/c1-4-7-10-13-16-19-22-25-28-31-33-34-36-38-41-44-47-50-53-56-59-62-68(71)74-65-66(64-73-67(70)61-58-55-52-49-46-43-40-37-30-27-24-21-18-15-12-9-6-3)75-69(72)63-60-57-54-51-48-45-42-39-35-32-29-26-23-20-17-14-11-8-5-2/h8,11,17,20,25-30,35,39,45,48,54,57,66H,4-7,9-10,12-16,18-19,21-24,31-34,36-38,40-44,46-47,49-53,55-56,58-65H2,1-3H3/b11-8-,20-17-,28-25-,29-26-,30-27-,39-35-,48-45-,57-54-/t66-/m0/s1. The molecule has 6 heteroatoms. The molecule has 1 atom stereocenters. The molecule has 0 amide bonds. The summed E-state index contributed by atoms with van der Waals surface area (Å²) >= 11 is 0. The van der Waals surface area contributed by atoms with Gasteiger partial charge in [0.15, 0.2) is 6.10 Å². The fourth-order valence-corrected chi connectivity index (χ4v) is 8.81. The van der Waals surface area contributed by atoms with Crippen molar-refractivity contribution in [3.8, 4) is 0 Å². The average Bonchev–Trinajstić information content (AvgIpc) is 3.41. The predicted octanol–water partition coefficient (Wildman–Crippen LogP) is 21.7. The average molecular weight is 1040 g/mol. The quantitative estimate of drug-likeness (QED) is 0.0261. The lowest BCUT2D eigenvalue weighted by Crippen LogP contribution is -2.30. The van der Waals surface area contributed by atoms with E-state index in [0.29, 0.717) is 19.3 Å². The molecule has 0 radical (unpaired) electrons. The maximum atomic E-state index is 12.9. The number of rotatable bonds is 57. The van der Waals surface area contributed by atoms with Gasteiger partial charge in [0, 0.05) is 19.3 Å². The topological polar surface area (TPSA) is 78.9 Å². The van der Waals surface area contributed by atoms with Crippen molar-refractivity contribution in [2.75, 3.05) is 13.2 Å². The number of hydrogen-bond acceptors (Lipinski definition) is 6. The first kappa shape index (κ1) is 71.3. The van der Waals surface area contributed by atoms with E-state index in [9.17, 15) is 14.4 Å². The van der Waals surface area contributed by atoms with Gasteiger partial charge in [-0.05, 0) is 109 Å². The molecule has 75 heavy (non-hydrogen) atoms. The lowest BCUT2D eigenvalue weighted by atomic mass is 10.0. The van der Waals surface area contributed by atoms with Gasteiger partial charge in [-0.3, -0.25) is 14.4 Å². The van der Waals surface area contributed by atoms with Crippen LogP contribution in [0.4, 0.5) is 0 Å². The summed E-state index contributed by atoms with van der Waals surface area (Å²) in [5.41, 5.74) is 0. The van der Waals surface area contributed by atoms with Gasteiger partial charge in [0.05, 0.1) is 0 Å². The van der Waals surface area contributed by atoms with Gasteiger partial charge in [-0.25, -0.2) is 0 Å². The maximum absolute atomic E-state index is 12.9. The second-order valence-corrected chi connectivity index (χ2v) is 20.9. The van der Waals surface area contributed by atoms with E-state index in [2.05, 4.69) is 112 Å². The van der Waals surface area contributed by atoms with Crippen molar-refractivity contribution in [2.24, 2.45) is 0 Å². The highest BCUT2D eigenvalue weighted by molar-refractivity contribution is 5.71. The van der Waals surface area contributed by atoms with E-state index >= 15 is 0 Å². The molecule has 0 aliphatic heterocycles. The number of unbranched alkanes of at least 4 members (excludes halogenated alkanes) is 30. The fourth-order valence-electron chi connectivity index (χ4n) is 8.81. The van der Waals surface area contributed by atoms with E-state index < -0.39 is 12.1 Å². The zero-order chi connectivity index (χ0) is 54.3. The third kappa shape index (κ3) is 61.1. The molecule has 0 fully saturated rings. The summed E-state index contributed by atoms with van der Waals surface area (Å²) in [6.07, 6.45) is 84.2. The molecule has 0 saturated heterocycles. The molecule has 0 heterocycles. The number of carbonyl (C=O) groups is 3. The van der Waals surface area contributed by atoms with Crippen molar-refractivity contribution in [3.63, 3.8) is 0 Å². The second kappa shape index (κ2) is 62.9. The Balaban J connectivity index is 4.47. The Hall–Kier alpha value is -3.67. The molecule has 0 saturated carbocycles. The molecule has 0 aliphatic carbocycles. The van der Waals surface area contributed by atoms with Crippen LogP contribution in [-0.2, 0) is 28.6 Å². The van der Waals surface area contributed by atoms with Gasteiger partial charge in [-0.1, -0.05) is 272 Å². The minimum absolute atomic E-state index is 0.108. The van der Waals surface area contributed by atoms with E-state index in [4.69, 9.17) is 14.2 Å². The van der Waals surface area contributed by atoms with Crippen LogP contribution in [0.3, 0.4) is 0 Å². The smallest absolute Gasteiger partial charge is 0.306 e. The van der Waals surface area contributed by atoms with Gasteiger partial charge in [0.1, 0.15) is 13.2 Å². The molecule has 0 bridgehead atoms. The molecule has 0 unspecified atom stereocenters. The summed E-state index contributed by atoms with van der Waals surface area (Å²) in [5.74, 6) is -0.989. The van der Waals surface area contributed by atoms with Crippen LogP contribution >= 0.6 is 0 Å². The number of esters is 3. The van der Waals surface area contributed by atoms with Gasteiger partial charge < -0.3 is 14.2 Å². The van der Waals surface area contributed by atoms with Crippen molar-refractivity contribution >= 4 is 17.9 Å². The van der Waals surface area contributed by atoms with Crippen molar-refractivity contribution in [1.29, 1.82) is 0 Å². The van der Waals surface area contributed by atoms with Crippen molar-refractivity contribution in [2.45, 2.75) is 309 Å². The van der Waals surface area contributed by atoms with Gasteiger partial charge in [-0.15, -0.1) is 0 Å².